The maximum atomic E-state index is 10.1. The molecule has 0 bridgehead atoms. The molecule has 1 unspecified atom stereocenters. The molecule has 0 radical (unpaired) electrons. The highest BCUT2D eigenvalue weighted by molar-refractivity contribution is 4.80. The molecule has 0 aromatic carbocycles. The number of nitrogens with zero attached hydrogens (tertiary/aromatic N) is 3. The van der Waals surface area contributed by atoms with Gasteiger partial charge in [-0.1, -0.05) is 0 Å². The van der Waals surface area contributed by atoms with Crippen molar-refractivity contribution in [1.29, 1.82) is 0 Å². The van der Waals surface area contributed by atoms with E-state index in [1.165, 1.54) is 39.3 Å². The molecule has 2 heterocycles. The fourth-order valence-electron chi connectivity index (χ4n) is 2.90. The molecule has 0 aliphatic carbocycles. The summed E-state index contributed by atoms with van der Waals surface area (Å²) in [6.45, 7) is 11.4. The lowest BCUT2D eigenvalue weighted by Crippen LogP contribution is -2.47. The van der Waals surface area contributed by atoms with Crippen molar-refractivity contribution in [3.05, 3.63) is 0 Å². The van der Waals surface area contributed by atoms with Crippen LogP contribution in [0.25, 0.3) is 0 Å². The van der Waals surface area contributed by atoms with Gasteiger partial charge in [0, 0.05) is 45.8 Å². The van der Waals surface area contributed by atoms with Gasteiger partial charge in [0.2, 0.25) is 0 Å². The van der Waals surface area contributed by atoms with Crippen LogP contribution in [0, 0.1) is 0 Å². The number of piperazine rings is 1. The number of likely N-dealkylation sites (tertiary alicyclic amines) is 1. The number of hydrogen-bond acceptors (Lipinski definition) is 4. The molecule has 106 valence electrons. The summed E-state index contributed by atoms with van der Waals surface area (Å²) in [5, 5.41) is 10.1. The van der Waals surface area contributed by atoms with Gasteiger partial charge >= 0.3 is 0 Å². The second-order valence-corrected chi connectivity index (χ2v) is 6.34. The van der Waals surface area contributed by atoms with Crippen molar-refractivity contribution in [3.63, 3.8) is 0 Å². The molecule has 1 N–H and O–H groups in total. The van der Waals surface area contributed by atoms with E-state index < -0.39 is 5.60 Å². The molecular weight excluding hydrogens is 226 g/mol. The zero-order valence-corrected chi connectivity index (χ0v) is 12.1. The largest absolute Gasteiger partial charge is 0.390 e. The van der Waals surface area contributed by atoms with Crippen LogP contribution in [0.15, 0.2) is 0 Å². The van der Waals surface area contributed by atoms with Gasteiger partial charge in [-0.15, -0.1) is 0 Å². The number of hydrogen-bond donors (Lipinski definition) is 1. The van der Waals surface area contributed by atoms with Gasteiger partial charge in [-0.05, 0) is 39.8 Å². The van der Waals surface area contributed by atoms with Gasteiger partial charge in [0.25, 0.3) is 0 Å². The van der Waals surface area contributed by atoms with Gasteiger partial charge in [-0.25, -0.2) is 0 Å². The Bertz CT molecular complexity index is 249. The molecule has 0 saturated carbocycles. The first-order valence-corrected chi connectivity index (χ1v) is 7.41. The van der Waals surface area contributed by atoms with Gasteiger partial charge in [0.15, 0.2) is 0 Å². The number of aliphatic hydroxyl groups is 1. The predicted molar refractivity (Wildman–Crippen MR) is 74.9 cm³/mol. The van der Waals surface area contributed by atoms with Crippen molar-refractivity contribution >= 4 is 0 Å². The van der Waals surface area contributed by atoms with Crippen LogP contribution in [-0.2, 0) is 0 Å². The molecule has 2 fully saturated rings. The molecular formula is C14H29N3O. The Morgan fingerprint density at radius 3 is 2.17 bits per heavy atom. The zero-order valence-electron chi connectivity index (χ0n) is 12.1. The van der Waals surface area contributed by atoms with Crippen LogP contribution >= 0.6 is 0 Å². The summed E-state index contributed by atoms with van der Waals surface area (Å²) in [4.78, 5) is 7.50. The number of rotatable bonds is 3. The Labute approximate surface area is 112 Å². The SMILES string of the molecule is CN1CCN(CCN2CCCC(C)(O)CC2)CC1. The van der Waals surface area contributed by atoms with E-state index in [9.17, 15) is 5.11 Å². The Hall–Kier alpha value is -0.160. The highest BCUT2D eigenvalue weighted by Gasteiger charge is 2.25. The molecule has 2 aliphatic rings. The average Bonchev–Trinajstić information content (AvgIpc) is 2.50. The van der Waals surface area contributed by atoms with E-state index in [0.717, 1.165) is 32.4 Å². The Kier molecular flexibility index (Phi) is 5.01. The molecule has 4 heteroatoms. The fourth-order valence-corrected chi connectivity index (χ4v) is 2.90. The van der Waals surface area contributed by atoms with Crippen molar-refractivity contribution in [2.45, 2.75) is 31.8 Å². The first-order valence-electron chi connectivity index (χ1n) is 7.41. The third-order valence-corrected chi connectivity index (χ3v) is 4.48. The maximum absolute atomic E-state index is 10.1. The normalized spacial score (nSPS) is 33.5. The Morgan fingerprint density at radius 1 is 0.889 bits per heavy atom. The van der Waals surface area contributed by atoms with Crippen molar-refractivity contribution in [2.75, 3.05) is 59.4 Å². The molecule has 4 nitrogen and oxygen atoms in total. The first kappa shape index (κ1) is 14.3. The lowest BCUT2D eigenvalue weighted by molar-refractivity contribution is 0.0441. The molecule has 2 saturated heterocycles. The van der Waals surface area contributed by atoms with Crippen LogP contribution in [0.4, 0.5) is 0 Å². The second kappa shape index (κ2) is 6.33. The van der Waals surface area contributed by atoms with Crippen LogP contribution in [-0.4, -0.2) is 84.8 Å². The van der Waals surface area contributed by atoms with Crippen LogP contribution in [0.2, 0.25) is 0 Å². The summed E-state index contributed by atoms with van der Waals surface area (Å²) in [6, 6.07) is 0. The summed E-state index contributed by atoms with van der Waals surface area (Å²) >= 11 is 0. The standard InChI is InChI=1S/C14H29N3O/c1-14(18)4-3-6-16(7-5-14)12-13-17-10-8-15(2)9-11-17/h18H,3-13H2,1-2H3. The van der Waals surface area contributed by atoms with Crippen LogP contribution in [0.5, 0.6) is 0 Å². The second-order valence-electron chi connectivity index (χ2n) is 6.34. The van der Waals surface area contributed by atoms with E-state index >= 15 is 0 Å². The van der Waals surface area contributed by atoms with Crippen molar-refractivity contribution in [2.24, 2.45) is 0 Å². The summed E-state index contributed by atoms with van der Waals surface area (Å²) < 4.78 is 0. The van der Waals surface area contributed by atoms with E-state index in [0.29, 0.717) is 0 Å². The zero-order chi connectivity index (χ0) is 13.0. The summed E-state index contributed by atoms with van der Waals surface area (Å²) in [6.07, 6.45) is 3.02. The van der Waals surface area contributed by atoms with E-state index in [1.54, 1.807) is 0 Å². The highest BCUT2D eigenvalue weighted by Crippen LogP contribution is 2.21. The van der Waals surface area contributed by atoms with Crippen LogP contribution in [0.1, 0.15) is 26.2 Å². The highest BCUT2D eigenvalue weighted by atomic mass is 16.3. The first-order chi connectivity index (χ1) is 8.55. The smallest absolute Gasteiger partial charge is 0.0632 e. The third kappa shape index (κ3) is 4.50. The van der Waals surface area contributed by atoms with Gasteiger partial charge in [0.1, 0.15) is 0 Å². The third-order valence-electron chi connectivity index (χ3n) is 4.48. The molecule has 0 aromatic rings. The van der Waals surface area contributed by atoms with Crippen molar-refractivity contribution in [3.8, 4) is 0 Å². The molecule has 2 aliphatic heterocycles. The monoisotopic (exact) mass is 255 g/mol. The Morgan fingerprint density at radius 2 is 1.50 bits per heavy atom. The van der Waals surface area contributed by atoms with E-state index in [-0.39, 0.29) is 0 Å². The minimum Gasteiger partial charge on any atom is -0.390 e. The minimum atomic E-state index is -0.428. The summed E-state index contributed by atoms with van der Waals surface area (Å²) in [7, 11) is 2.20. The van der Waals surface area contributed by atoms with Gasteiger partial charge in [-0.2, -0.15) is 0 Å². The minimum absolute atomic E-state index is 0.428. The van der Waals surface area contributed by atoms with Gasteiger partial charge in [0.05, 0.1) is 5.60 Å². The maximum Gasteiger partial charge on any atom is 0.0632 e. The summed E-state index contributed by atoms with van der Waals surface area (Å²) in [5.41, 5.74) is -0.428. The fraction of sp³-hybridized carbons (Fsp3) is 1.00. The molecule has 0 amide bonds. The average molecular weight is 255 g/mol. The molecule has 2 rings (SSSR count). The Balaban J connectivity index is 1.67. The van der Waals surface area contributed by atoms with E-state index in [4.69, 9.17) is 0 Å². The van der Waals surface area contributed by atoms with Crippen LogP contribution in [0.3, 0.4) is 0 Å². The van der Waals surface area contributed by atoms with Crippen molar-refractivity contribution in [1.82, 2.24) is 14.7 Å². The molecule has 1 atom stereocenters. The van der Waals surface area contributed by atoms with E-state index in [2.05, 4.69) is 21.7 Å². The molecule has 0 spiro atoms. The summed E-state index contributed by atoms with van der Waals surface area (Å²) in [5.74, 6) is 0. The predicted octanol–water partition coefficient (Wildman–Crippen LogP) is 0.471. The molecule has 0 aromatic heterocycles. The lowest BCUT2D eigenvalue weighted by atomic mass is 9.98. The van der Waals surface area contributed by atoms with Gasteiger partial charge < -0.3 is 14.9 Å². The van der Waals surface area contributed by atoms with Crippen molar-refractivity contribution < 1.29 is 5.11 Å². The van der Waals surface area contributed by atoms with Crippen LogP contribution < -0.4 is 0 Å². The molecule has 18 heavy (non-hydrogen) atoms. The van der Waals surface area contributed by atoms with Gasteiger partial charge in [-0.3, -0.25) is 4.90 Å². The van der Waals surface area contributed by atoms with E-state index in [1.807, 2.05) is 6.92 Å². The lowest BCUT2D eigenvalue weighted by Gasteiger charge is -2.33. The number of likely N-dealkylation sites (N-methyl/N-ethyl adjacent to an activating group) is 1. The topological polar surface area (TPSA) is 30.0 Å². The quantitative estimate of drug-likeness (QED) is 0.794.